The van der Waals surface area contributed by atoms with Gasteiger partial charge in [0.05, 0.1) is 12.0 Å². The fourth-order valence-corrected chi connectivity index (χ4v) is 2.86. The van der Waals surface area contributed by atoms with Crippen molar-refractivity contribution in [2.24, 2.45) is 10.4 Å². The molecule has 0 unspecified atom stereocenters. The standard InChI is InChI=1S/C16H32N4O.HI/c1-7-17-14(19-15(2,3)4)18-12-16(10-8-9-11-16)13(21)20(5)6;/h7-12H2,1-6H3,(H2,17,18,19);1H. The molecule has 1 fully saturated rings. The monoisotopic (exact) mass is 424 g/mol. The second-order valence-electron chi connectivity index (χ2n) is 7.26. The predicted octanol–water partition coefficient (Wildman–Crippen LogP) is 2.61. The van der Waals surface area contributed by atoms with E-state index in [2.05, 4.69) is 38.3 Å². The van der Waals surface area contributed by atoms with Crippen molar-refractivity contribution in [3.8, 4) is 0 Å². The number of carbonyl (C=O) groups is 1. The molecule has 0 aliphatic heterocycles. The quantitative estimate of drug-likeness (QED) is 0.415. The number of guanidine groups is 1. The number of nitrogens with one attached hydrogen (secondary N) is 2. The lowest BCUT2D eigenvalue weighted by molar-refractivity contribution is -0.138. The SMILES string of the molecule is CCNC(=NCC1(C(=O)N(C)C)CCCC1)NC(C)(C)C.I. The molecule has 0 atom stereocenters. The first kappa shape index (κ1) is 21.5. The number of aliphatic imine (C=N–C) groups is 1. The normalized spacial score (nSPS) is 17.6. The molecule has 1 amide bonds. The minimum absolute atomic E-state index is 0. The third-order valence-electron chi connectivity index (χ3n) is 3.80. The van der Waals surface area contributed by atoms with Crippen LogP contribution in [0.15, 0.2) is 4.99 Å². The third-order valence-corrected chi connectivity index (χ3v) is 3.80. The minimum atomic E-state index is -0.302. The Morgan fingerprint density at radius 2 is 1.77 bits per heavy atom. The van der Waals surface area contributed by atoms with Crippen molar-refractivity contribution in [1.29, 1.82) is 0 Å². The van der Waals surface area contributed by atoms with E-state index in [0.717, 1.165) is 38.2 Å². The topological polar surface area (TPSA) is 56.7 Å². The van der Waals surface area contributed by atoms with Gasteiger partial charge in [-0.2, -0.15) is 0 Å². The Hall–Kier alpha value is -0.530. The van der Waals surface area contributed by atoms with E-state index in [1.165, 1.54) is 0 Å². The van der Waals surface area contributed by atoms with Gasteiger partial charge >= 0.3 is 0 Å². The van der Waals surface area contributed by atoms with E-state index in [-0.39, 0.29) is 40.8 Å². The van der Waals surface area contributed by atoms with Crippen LogP contribution in [0, 0.1) is 5.41 Å². The van der Waals surface area contributed by atoms with Crippen LogP contribution in [0.25, 0.3) is 0 Å². The third kappa shape index (κ3) is 6.30. The summed E-state index contributed by atoms with van der Waals surface area (Å²) < 4.78 is 0. The molecule has 2 N–H and O–H groups in total. The molecule has 0 aromatic carbocycles. The molecule has 0 heterocycles. The molecule has 1 aliphatic carbocycles. The summed E-state index contributed by atoms with van der Waals surface area (Å²) in [5.74, 6) is 1.01. The number of nitrogens with zero attached hydrogens (tertiary/aromatic N) is 2. The van der Waals surface area contributed by atoms with Gasteiger partial charge in [-0.15, -0.1) is 24.0 Å². The molecule has 0 spiro atoms. The van der Waals surface area contributed by atoms with E-state index >= 15 is 0 Å². The highest BCUT2D eigenvalue weighted by molar-refractivity contribution is 14.0. The summed E-state index contributed by atoms with van der Waals surface area (Å²) in [6.45, 7) is 9.75. The fraction of sp³-hybridized carbons (Fsp3) is 0.875. The lowest BCUT2D eigenvalue weighted by atomic mass is 9.85. The van der Waals surface area contributed by atoms with E-state index in [4.69, 9.17) is 4.99 Å². The van der Waals surface area contributed by atoms with Crippen molar-refractivity contribution in [2.45, 2.75) is 58.9 Å². The van der Waals surface area contributed by atoms with Gasteiger partial charge in [0.25, 0.3) is 0 Å². The maximum absolute atomic E-state index is 12.5. The van der Waals surface area contributed by atoms with Crippen LogP contribution in [0.1, 0.15) is 53.4 Å². The first-order valence-electron chi connectivity index (χ1n) is 7.98. The summed E-state index contributed by atoms with van der Waals surface area (Å²) in [6, 6.07) is 0. The van der Waals surface area contributed by atoms with Crippen molar-refractivity contribution >= 4 is 35.8 Å². The second kappa shape index (κ2) is 8.93. The van der Waals surface area contributed by atoms with Crippen molar-refractivity contribution in [1.82, 2.24) is 15.5 Å². The molecular formula is C16H33IN4O. The maximum atomic E-state index is 12.5. The lowest BCUT2D eigenvalue weighted by Crippen LogP contribution is -2.48. The summed E-state index contributed by atoms with van der Waals surface area (Å²) in [4.78, 5) is 19.0. The molecule has 0 aromatic heterocycles. The largest absolute Gasteiger partial charge is 0.357 e. The first-order chi connectivity index (χ1) is 9.70. The summed E-state index contributed by atoms with van der Waals surface area (Å²) >= 11 is 0. The smallest absolute Gasteiger partial charge is 0.230 e. The number of amides is 1. The average molecular weight is 424 g/mol. The summed E-state index contributed by atoms with van der Waals surface area (Å²) in [5, 5.41) is 6.64. The van der Waals surface area contributed by atoms with Crippen LogP contribution >= 0.6 is 24.0 Å². The molecule has 0 radical (unpaired) electrons. The van der Waals surface area contributed by atoms with Crippen molar-refractivity contribution in [3.63, 3.8) is 0 Å². The summed E-state index contributed by atoms with van der Waals surface area (Å²) in [6.07, 6.45) is 4.14. The van der Waals surface area contributed by atoms with Crippen molar-refractivity contribution < 1.29 is 4.79 Å². The van der Waals surface area contributed by atoms with Crippen LogP contribution < -0.4 is 10.6 Å². The Kier molecular flexibility index (Phi) is 8.72. The molecule has 6 heteroatoms. The lowest BCUT2D eigenvalue weighted by Gasteiger charge is -2.30. The first-order valence-corrected chi connectivity index (χ1v) is 7.98. The van der Waals surface area contributed by atoms with Gasteiger partial charge in [0.15, 0.2) is 5.96 Å². The van der Waals surface area contributed by atoms with Gasteiger partial charge in [0.2, 0.25) is 5.91 Å². The van der Waals surface area contributed by atoms with E-state index in [9.17, 15) is 4.79 Å². The zero-order valence-corrected chi connectivity index (χ0v) is 17.3. The van der Waals surface area contributed by atoms with Gasteiger partial charge in [-0.25, -0.2) is 0 Å². The van der Waals surface area contributed by atoms with E-state index < -0.39 is 0 Å². The van der Waals surface area contributed by atoms with Gasteiger partial charge in [-0.3, -0.25) is 9.79 Å². The van der Waals surface area contributed by atoms with Gasteiger partial charge in [0.1, 0.15) is 0 Å². The van der Waals surface area contributed by atoms with Gasteiger partial charge in [0, 0.05) is 26.2 Å². The number of rotatable bonds is 4. The molecular weight excluding hydrogens is 391 g/mol. The molecule has 0 aromatic rings. The van der Waals surface area contributed by atoms with Crippen LogP contribution in [-0.2, 0) is 4.79 Å². The van der Waals surface area contributed by atoms with Gasteiger partial charge < -0.3 is 15.5 Å². The van der Waals surface area contributed by atoms with E-state index in [1.807, 2.05) is 14.1 Å². The zero-order chi connectivity index (χ0) is 16.1. The van der Waals surface area contributed by atoms with E-state index in [0.29, 0.717) is 6.54 Å². The predicted molar refractivity (Wildman–Crippen MR) is 104 cm³/mol. The molecule has 22 heavy (non-hydrogen) atoms. The number of carbonyl (C=O) groups excluding carboxylic acids is 1. The summed E-state index contributed by atoms with van der Waals surface area (Å²) in [7, 11) is 3.68. The van der Waals surface area contributed by atoms with Crippen molar-refractivity contribution in [3.05, 3.63) is 0 Å². The van der Waals surface area contributed by atoms with E-state index in [1.54, 1.807) is 4.90 Å². The highest BCUT2D eigenvalue weighted by Gasteiger charge is 2.42. The fourth-order valence-electron chi connectivity index (χ4n) is 2.86. The number of hydrogen-bond acceptors (Lipinski definition) is 2. The van der Waals surface area contributed by atoms with Crippen LogP contribution in [0.3, 0.4) is 0 Å². The zero-order valence-electron chi connectivity index (χ0n) is 15.0. The summed E-state index contributed by atoms with van der Waals surface area (Å²) in [5.41, 5.74) is -0.348. The van der Waals surface area contributed by atoms with Crippen LogP contribution in [0.5, 0.6) is 0 Å². The molecule has 1 aliphatic rings. The molecule has 5 nitrogen and oxygen atoms in total. The average Bonchev–Trinajstić information content (AvgIpc) is 2.83. The van der Waals surface area contributed by atoms with Gasteiger partial charge in [-0.05, 0) is 40.5 Å². The maximum Gasteiger partial charge on any atom is 0.230 e. The van der Waals surface area contributed by atoms with Crippen LogP contribution in [0.2, 0.25) is 0 Å². The Labute approximate surface area is 152 Å². The molecule has 1 saturated carbocycles. The van der Waals surface area contributed by atoms with Crippen LogP contribution in [0.4, 0.5) is 0 Å². The Morgan fingerprint density at radius 1 is 1.23 bits per heavy atom. The number of hydrogen-bond donors (Lipinski definition) is 2. The minimum Gasteiger partial charge on any atom is -0.357 e. The Morgan fingerprint density at radius 3 is 2.18 bits per heavy atom. The number of halogens is 1. The second-order valence-corrected chi connectivity index (χ2v) is 7.26. The molecule has 0 bridgehead atoms. The Balaban J connectivity index is 0.00000441. The molecule has 0 saturated heterocycles. The van der Waals surface area contributed by atoms with Gasteiger partial charge in [-0.1, -0.05) is 12.8 Å². The molecule has 130 valence electrons. The Bertz CT molecular complexity index is 382. The van der Waals surface area contributed by atoms with Crippen molar-refractivity contribution in [2.75, 3.05) is 27.2 Å². The highest BCUT2D eigenvalue weighted by Crippen LogP contribution is 2.39. The molecule has 1 rings (SSSR count). The highest BCUT2D eigenvalue weighted by atomic mass is 127. The van der Waals surface area contributed by atoms with Crippen LogP contribution in [-0.4, -0.2) is 49.5 Å².